The number of rotatable bonds is 6. The summed E-state index contributed by atoms with van der Waals surface area (Å²) in [5, 5.41) is 3.88. The van der Waals surface area contributed by atoms with Crippen LogP contribution in [-0.4, -0.2) is 23.7 Å². The fourth-order valence-electron chi connectivity index (χ4n) is 1.24. The second-order valence-electron chi connectivity index (χ2n) is 3.79. The number of nitrogens with zero attached hydrogens (tertiary/aromatic N) is 4. The Morgan fingerprint density at radius 3 is 3.16 bits per heavy atom. The van der Waals surface area contributed by atoms with Crippen LogP contribution in [0.15, 0.2) is 17.0 Å². The molecule has 0 atom stereocenters. The van der Waals surface area contributed by atoms with E-state index in [2.05, 4.69) is 15.0 Å². The highest BCUT2D eigenvalue weighted by molar-refractivity contribution is 7.14. The highest BCUT2D eigenvalue weighted by Gasteiger charge is 2.24. The van der Waals surface area contributed by atoms with Crippen LogP contribution in [0, 0.1) is 0 Å². The molecule has 19 heavy (non-hydrogen) atoms. The van der Waals surface area contributed by atoms with Crippen LogP contribution in [0.3, 0.4) is 0 Å². The lowest BCUT2D eigenvalue weighted by Gasteiger charge is -1.99. The molecule has 100 valence electrons. The molecule has 0 bridgehead atoms. The summed E-state index contributed by atoms with van der Waals surface area (Å²) in [6.07, 6.45) is 5.38. The summed E-state index contributed by atoms with van der Waals surface area (Å²) in [6.45, 7) is 1.90. The minimum Gasteiger partial charge on any atom is -0.467 e. The van der Waals surface area contributed by atoms with E-state index in [4.69, 9.17) is 15.0 Å². The predicted octanol–water partition coefficient (Wildman–Crippen LogP) is 2.90. The summed E-state index contributed by atoms with van der Waals surface area (Å²) >= 11 is 1.29. The van der Waals surface area contributed by atoms with Gasteiger partial charge in [-0.25, -0.2) is 9.78 Å². The Morgan fingerprint density at radius 1 is 1.74 bits per heavy atom. The van der Waals surface area contributed by atoms with E-state index in [1.807, 2.05) is 0 Å². The average molecular weight is 280 g/mol. The number of hydrogen-bond donors (Lipinski definition) is 0. The topological polar surface area (TPSA) is 97.2 Å². The summed E-state index contributed by atoms with van der Waals surface area (Å²) in [5.41, 5.74) is 8.35. The zero-order chi connectivity index (χ0) is 13.7. The molecule has 0 saturated heterocycles. The van der Waals surface area contributed by atoms with Gasteiger partial charge in [0.15, 0.2) is 0 Å². The molecule has 0 spiro atoms. The van der Waals surface area contributed by atoms with Gasteiger partial charge >= 0.3 is 5.97 Å². The van der Waals surface area contributed by atoms with Crippen LogP contribution >= 0.6 is 11.3 Å². The molecular formula is C11H12N4O3S. The Bertz CT molecular complexity index is 544. The highest BCUT2D eigenvalue weighted by Crippen LogP contribution is 2.30. The van der Waals surface area contributed by atoms with Crippen molar-refractivity contribution in [3.05, 3.63) is 27.2 Å². The van der Waals surface area contributed by atoms with E-state index in [0.717, 1.165) is 12.8 Å². The molecule has 0 amide bonds. The van der Waals surface area contributed by atoms with Crippen molar-refractivity contribution in [2.75, 3.05) is 6.61 Å². The van der Waals surface area contributed by atoms with Crippen LogP contribution < -0.4 is 4.74 Å². The van der Waals surface area contributed by atoms with Gasteiger partial charge in [0.1, 0.15) is 11.8 Å². The van der Waals surface area contributed by atoms with Crippen molar-refractivity contribution in [3.8, 4) is 5.19 Å². The third-order valence-electron chi connectivity index (χ3n) is 2.21. The van der Waals surface area contributed by atoms with E-state index in [1.165, 1.54) is 17.4 Å². The first-order chi connectivity index (χ1) is 9.22. The van der Waals surface area contributed by atoms with Crippen LogP contribution in [0.2, 0.25) is 0 Å². The normalized spacial score (nSPS) is 14.7. The SMILES string of the molecule is CCOC(=O)/C(=C/c1cnc(OC2CC2)s1)N=[N+]=[N-]. The molecule has 1 aromatic heterocycles. The molecule has 0 N–H and O–H groups in total. The first-order valence-corrected chi connectivity index (χ1v) is 6.61. The monoisotopic (exact) mass is 280 g/mol. The summed E-state index contributed by atoms with van der Waals surface area (Å²) in [6, 6.07) is 0. The molecule has 1 aromatic rings. The molecule has 0 aromatic carbocycles. The second-order valence-corrected chi connectivity index (χ2v) is 4.81. The number of carbonyl (C=O) groups excluding carboxylic acids is 1. The lowest BCUT2D eigenvalue weighted by Crippen LogP contribution is -2.05. The van der Waals surface area contributed by atoms with Crippen LogP contribution in [-0.2, 0) is 9.53 Å². The number of carbonyl (C=O) groups is 1. The molecule has 1 aliphatic carbocycles. The fraction of sp³-hybridized carbons (Fsp3) is 0.455. The smallest absolute Gasteiger partial charge is 0.340 e. The van der Waals surface area contributed by atoms with E-state index in [0.29, 0.717) is 10.1 Å². The molecule has 8 heteroatoms. The number of esters is 1. The van der Waals surface area contributed by atoms with Crippen molar-refractivity contribution in [1.29, 1.82) is 0 Å². The summed E-state index contributed by atoms with van der Waals surface area (Å²) in [7, 11) is 0. The number of thiazole rings is 1. The standard InChI is InChI=1S/C11H12N4O3S/c1-2-17-10(16)9(14-15-12)5-8-6-13-11(19-8)18-7-3-4-7/h5-7H,2-4H2,1H3/b9-5-. The molecule has 0 unspecified atom stereocenters. The minimum atomic E-state index is -0.654. The molecule has 1 heterocycles. The zero-order valence-electron chi connectivity index (χ0n) is 10.3. The number of hydrogen-bond acceptors (Lipinski definition) is 6. The van der Waals surface area contributed by atoms with Crippen molar-refractivity contribution in [1.82, 2.24) is 4.98 Å². The number of ether oxygens (including phenoxy) is 2. The summed E-state index contributed by atoms with van der Waals surface area (Å²) in [5.74, 6) is -0.654. The maximum Gasteiger partial charge on any atom is 0.340 e. The van der Waals surface area contributed by atoms with Gasteiger partial charge in [0.2, 0.25) is 0 Å². The van der Waals surface area contributed by atoms with Gasteiger partial charge in [0.05, 0.1) is 11.5 Å². The number of azide groups is 1. The third kappa shape index (κ3) is 3.97. The highest BCUT2D eigenvalue weighted by atomic mass is 32.1. The second kappa shape index (κ2) is 6.21. The van der Waals surface area contributed by atoms with Gasteiger partial charge in [-0.1, -0.05) is 16.5 Å². The number of aromatic nitrogens is 1. The maximum atomic E-state index is 11.5. The van der Waals surface area contributed by atoms with E-state index in [9.17, 15) is 4.79 Å². The lowest BCUT2D eigenvalue weighted by molar-refractivity contribution is -0.138. The predicted molar refractivity (Wildman–Crippen MR) is 69.5 cm³/mol. The van der Waals surface area contributed by atoms with Gasteiger partial charge in [0.25, 0.3) is 5.19 Å². The molecule has 0 radical (unpaired) electrons. The molecule has 1 fully saturated rings. The molecule has 0 aliphatic heterocycles. The zero-order valence-corrected chi connectivity index (χ0v) is 11.1. The van der Waals surface area contributed by atoms with Crippen LogP contribution in [0.25, 0.3) is 16.5 Å². The van der Waals surface area contributed by atoms with Gasteiger partial charge in [-0.3, -0.25) is 0 Å². The molecule has 1 saturated carbocycles. The summed E-state index contributed by atoms with van der Waals surface area (Å²) in [4.78, 5) is 18.9. The van der Waals surface area contributed by atoms with Gasteiger partial charge in [-0.05, 0) is 31.4 Å². The quantitative estimate of drug-likeness (QED) is 0.263. The Labute approximate surface area is 113 Å². The van der Waals surface area contributed by atoms with E-state index in [-0.39, 0.29) is 18.4 Å². The average Bonchev–Trinajstić information content (AvgIpc) is 3.08. The van der Waals surface area contributed by atoms with Crippen molar-refractivity contribution in [2.24, 2.45) is 5.11 Å². The molecule has 1 aliphatic rings. The minimum absolute atomic E-state index is 0.0917. The van der Waals surface area contributed by atoms with E-state index in [1.54, 1.807) is 13.1 Å². The Kier molecular flexibility index (Phi) is 4.38. The molecule has 7 nitrogen and oxygen atoms in total. The van der Waals surface area contributed by atoms with Crippen LogP contribution in [0.5, 0.6) is 5.19 Å². The summed E-state index contributed by atoms with van der Waals surface area (Å²) < 4.78 is 10.3. The van der Waals surface area contributed by atoms with Crippen molar-refractivity contribution in [3.63, 3.8) is 0 Å². The lowest BCUT2D eigenvalue weighted by atomic mass is 10.4. The van der Waals surface area contributed by atoms with Gasteiger partial charge in [-0.2, -0.15) is 0 Å². The first-order valence-electron chi connectivity index (χ1n) is 5.79. The fourth-order valence-corrected chi connectivity index (χ4v) is 2.00. The first kappa shape index (κ1) is 13.4. The van der Waals surface area contributed by atoms with Gasteiger partial charge < -0.3 is 9.47 Å². The van der Waals surface area contributed by atoms with Crippen LogP contribution in [0.1, 0.15) is 24.6 Å². The van der Waals surface area contributed by atoms with Crippen LogP contribution in [0.4, 0.5) is 0 Å². The largest absolute Gasteiger partial charge is 0.467 e. The van der Waals surface area contributed by atoms with Gasteiger partial charge in [0, 0.05) is 11.1 Å². The third-order valence-corrected chi connectivity index (χ3v) is 3.05. The Morgan fingerprint density at radius 2 is 2.53 bits per heavy atom. The van der Waals surface area contributed by atoms with Crippen molar-refractivity contribution < 1.29 is 14.3 Å². The molecular weight excluding hydrogens is 268 g/mol. The van der Waals surface area contributed by atoms with E-state index >= 15 is 0 Å². The van der Waals surface area contributed by atoms with Crippen molar-refractivity contribution in [2.45, 2.75) is 25.9 Å². The Balaban J connectivity index is 2.12. The Hall–Kier alpha value is -2.05. The van der Waals surface area contributed by atoms with E-state index < -0.39 is 5.97 Å². The van der Waals surface area contributed by atoms with Gasteiger partial charge in [-0.15, -0.1) is 0 Å². The maximum absolute atomic E-state index is 11.5. The van der Waals surface area contributed by atoms with Crippen molar-refractivity contribution >= 4 is 23.4 Å². The molecule has 2 rings (SSSR count).